The normalized spacial score (nSPS) is 21.5. The molecule has 1 N–H and O–H groups in total. The Morgan fingerprint density at radius 2 is 2.05 bits per heavy atom. The second kappa shape index (κ2) is 7.57. The summed E-state index contributed by atoms with van der Waals surface area (Å²) in [5.41, 5.74) is 0. The lowest BCUT2D eigenvalue weighted by molar-refractivity contribution is 0.270. The van der Waals surface area contributed by atoms with Gasteiger partial charge in [0.15, 0.2) is 0 Å². The number of nitrogens with zero attached hydrogens (tertiary/aromatic N) is 2. The van der Waals surface area contributed by atoms with Gasteiger partial charge in [-0.2, -0.15) is 17.0 Å². The lowest BCUT2D eigenvalue weighted by atomic mass is 10.00. The fourth-order valence-electron chi connectivity index (χ4n) is 2.37. The molecule has 0 spiro atoms. The Morgan fingerprint density at radius 1 is 1.37 bits per heavy atom. The summed E-state index contributed by atoms with van der Waals surface area (Å²) in [6.45, 7) is 9.07. The predicted molar refractivity (Wildman–Crippen MR) is 79.3 cm³/mol. The van der Waals surface area contributed by atoms with Crippen LogP contribution in [0.4, 0.5) is 0 Å². The number of nitrogens with one attached hydrogen (secondary N) is 1. The molecule has 1 saturated heterocycles. The molecule has 1 atom stereocenters. The molecule has 0 bridgehead atoms. The third-order valence-corrected chi connectivity index (χ3v) is 5.88. The summed E-state index contributed by atoms with van der Waals surface area (Å²) in [4.78, 5) is 0. The summed E-state index contributed by atoms with van der Waals surface area (Å²) in [7, 11) is -1.65. The van der Waals surface area contributed by atoms with E-state index in [9.17, 15) is 8.42 Å². The molecule has 5 nitrogen and oxygen atoms in total. The number of hydrogen-bond acceptors (Lipinski definition) is 3. The average molecular weight is 291 g/mol. The zero-order chi connectivity index (χ0) is 14.5. The molecule has 0 saturated carbocycles. The van der Waals surface area contributed by atoms with Gasteiger partial charge in [0, 0.05) is 26.2 Å². The Labute approximate surface area is 118 Å². The highest BCUT2D eigenvalue weighted by atomic mass is 32.2. The molecular formula is C13H29N3O2S. The van der Waals surface area contributed by atoms with E-state index in [0.717, 1.165) is 32.4 Å². The number of piperidine rings is 1. The van der Waals surface area contributed by atoms with Crippen LogP contribution in [-0.2, 0) is 10.2 Å². The van der Waals surface area contributed by atoms with E-state index in [-0.39, 0.29) is 6.04 Å². The maximum atomic E-state index is 12.6. The minimum atomic E-state index is -3.32. The van der Waals surface area contributed by atoms with Gasteiger partial charge in [-0.25, -0.2) is 0 Å². The van der Waals surface area contributed by atoms with Crippen molar-refractivity contribution in [3.8, 4) is 0 Å². The average Bonchev–Trinajstić information content (AvgIpc) is 2.38. The Bertz CT molecular complexity index is 351. The largest absolute Gasteiger partial charge is 0.316 e. The van der Waals surface area contributed by atoms with Crippen LogP contribution in [0.15, 0.2) is 0 Å². The minimum Gasteiger partial charge on any atom is -0.316 e. The van der Waals surface area contributed by atoms with Crippen LogP contribution in [0.2, 0.25) is 0 Å². The molecular weight excluding hydrogens is 262 g/mol. The van der Waals surface area contributed by atoms with Gasteiger partial charge >= 0.3 is 0 Å². The molecule has 0 aliphatic carbocycles. The van der Waals surface area contributed by atoms with E-state index in [1.807, 2.05) is 20.8 Å². The van der Waals surface area contributed by atoms with E-state index in [1.165, 1.54) is 4.31 Å². The summed E-state index contributed by atoms with van der Waals surface area (Å²) in [5.74, 6) is 0.440. The first-order valence-corrected chi connectivity index (χ1v) is 8.73. The quantitative estimate of drug-likeness (QED) is 0.769. The van der Waals surface area contributed by atoms with Crippen molar-refractivity contribution in [1.29, 1.82) is 0 Å². The second-order valence-electron chi connectivity index (χ2n) is 5.69. The van der Waals surface area contributed by atoms with Crippen LogP contribution in [-0.4, -0.2) is 56.3 Å². The molecule has 114 valence electrons. The van der Waals surface area contributed by atoms with Crippen molar-refractivity contribution in [3.05, 3.63) is 0 Å². The first-order valence-electron chi connectivity index (χ1n) is 7.33. The molecule has 1 aliphatic heterocycles. The minimum absolute atomic E-state index is 0.00571. The Morgan fingerprint density at radius 3 is 2.53 bits per heavy atom. The molecule has 0 radical (unpaired) electrons. The fraction of sp³-hybridized carbons (Fsp3) is 1.00. The third-order valence-electron chi connectivity index (χ3n) is 3.75. The summed E-state index contributed by atoms with van der Waals surface area (Å²) in [6, 6.07) is -0.00571. The monoisotopic (exact) mass is 291 g/mol. The number of rotatable bonds is 7. The van der Waals surface area contributed by atoms with E-state index in [0.29, 0.717) is 19.0 Å². The Hall–Kier alpha value is -0.170. The summed E-state index contributed by atoms with van der Waals surface area (Å²) in [5, 5.41) is 3.35. The fourth-order valence-corrected chi connectivity index (χ4v) is 4.08. The van der Waals surface area contributed by atoms with Crippen LogP contribution in [0, 0.1) is 5.92 Å². The van der Waals surface area contributed by atoms with Crippen molar-refractivity contribution in [2.24, 2.45) is 5.92 Å². The van der Waals surface area contributed by atoms with Crippen molar-refractivity contribution in [2.45, 2.75) is 46.1 Å². The van der Waals surface area contributed by atoms with Crippen LogP contribution in [0.5, 0.6) is 0 Å². The first kappa shape index (κ1) is 16.9. The van der Waals surface area contributed by atoms with Crippen LogP contribution >= 0.6 is 0 Å². The van der Waals surface area contributed by atoms with E-state index >= 15 is 0 Å². The molecule has 1 fully saturated rings. The first-order chi connectivity index (χ1) is 8.89. The molecule has 1 heterocycles. The number of hydrogen-bond donors (Lipinski definition) is 1. The molecule has 1 aliphatic rings. The van der Waals surface area contributed by atoms with Crippen molar-refractivity contribution in [1.82, 2.24) is 13.9 Å². The molecule has 6 heteroatoms. The SMILES string of the molecule is CCCN(CC1CCCNC1)S(=O)(=O)N(C)C(C)C. The van der Waals surface area contributed by atoms with Crippen LogP contribution in [0.25, 0.3) is 0 Å². The van der Waals surface area contributed by atoms with E-state index in [2.05, 4.69) is 5.32 Å². The van der Waals surface area contributed by atoms with Gasteiger partial charge in [0.05, 0.1) is 0 Å². The van der Waals surface area contributed by atoms with Crippen LogP contribution in [0.3, 0.4) is 0 Å². The van der Waals surface area contributed by atoms with Crippen molar-refractivity contribution in [3.63, 3.8) is 0 Å². The Balaban J connectivity index is 2.74. The highest BCUT2D eigenvalue weighted by Crippen LogP contribution is 2.17. The van der Waals surface area contributed by atoms with E-state index in [1.54, 1.807) is 11.4 Å². The predicted octanol–water partition coefficient (Wildman–Crippen LogP) is 1.28. The van der Waals surface area contributed by atoms with Gasteiger partial charge in [-0.15, -0.1) is 0 Å². The molecule has 0 amide bonds. The van der Waals surface area contributed by atoms with Crippen molar-refractivity contribution < 1.29 is 8.42 Å². The molecule has 19 heavy (non-hydrogen) atoms. The summed E-state index contributed by atoms with van der Waals surface area (Å²) in [6.07, 6.45) is 3.12. The lowest BCUT2D eigenvalue weighted by Gasteiger charge is -2.33. The van der Waals surface area contributed by atoms with Gasteiger partial charge in [-0.1, -0.05) is 6.92 Å². The second-order valence-corrected chi connectivity index (χ2v) is 7.68. The summed E-state index contributed by atoms with van der Waals surface area (Å²) < 4.78 is 28.3. The van der Waals surface area contributed by atoms with E-state index < -0.39 is 10.2 Å². The molecule has 1 rings (SSSR count). The van der Waals surface area contributed by atoms with Gasteiger partial charge in [0.25, 0.3) is 10.2 Å². The Kier molecular flexibility index (Phi) is 6.73. The van der Waals surface area contributed by atoms with E-state index in [4.69, 9.17) is 0 Å². The highest BCUT2D eigenvalue weighted by Gasteiger charge is 2.30. The summed E-state index contributed by atoms with van der Waals surface area (Å²) >= 11 is 0. The van der Waals surface area contributed by atoms with Gasteiger partial charge < -0.3 is 5.32 Å². The third kappa shape index (κ3) is 4.70. The smallest absolute Gasteiger partial charge is 0.281 e. The molecule has 1 unspecified atom stereocenters. The van der Waals surface area contributed by atoms with Crippen LogP contribution < -0.4 is 5.32 Å². The highest BCUT2D eigenvalue weighted by molar-refractivity contribution is 7.86. The maximum Gasteiger partial charge on any atom is 0.281 e. The standard InChI is InChI=1S/C13H29N3O2S/c1-5-9-16(11-13-7-6-8-14-10-13)19(17,18)15(4)12(2)3/h12-14H,5-11H2,1-4H3. The van der Waals surface area contributed by atoms with Crippen molar-refractivity contribution in [2.75, 3.05) is 33.2 Å². The zero-order valence-electron chi connectivity index (χ0n) is 12.7. The molecule has 0 aromatic carbocycles. The zero-order valence-corrected chi connectivity index (χ0v) is 13.5. The van der Waals surface area contributed by atoms with Crippen molar-refractivity contribution >= 4 is 10.2 Å². The van der Waals surface area contributed by atoms with Gasteiger partial charge in [0.2, 0.25) is 0 Å². The van der Waals surface area contributed by atoms with Crippen LogP contribution in [0.1, 0.15) is 40.0 Å². The topological polar surface area (TPSA) is 52.7 Å². The van der Waals surface area contributed by atoms with Gasteiger partial charge in [-0.05, 0) is 52.1 Å². The lowest BCUT2D eigenvalue weighted by Crippen LogP contribution is -2.48. The maximum absolute atomic E-state index is 12.6. The van der Waals surface area contributed by atoms with Gasteiger partial charge in [0.1, 0.15) is 0 Å². The molecule has 0 aromatic rings. The van der Waals surface area contributed by atoms with Gasteiger partial charge in [-0.3, -0.25) is 0 Å². The molecule has 0 aromatic heterocycles.